The first-order valence-electron chi connectivity index (χ1n) is 9.70. The second-order valence-corrected chi connectivity index (χ2v) is 7.52. The molecule has 0 radical (unpaired) electrons. The lowest BCUT2D eigenvalue weighted by Crippen LogP contribution is -2.23. The fourth-order valence-corrected chi connectivity index (χ4v) is 3.49. The Labute approximate surface area is 185 Å². The summed E-state index contributed by atoms with van der Waals surface area (Å²) in [7, 11) is 1.60. The van der Waals surface area contributed by atoms with Gasteiger partial charge in [-0.25, -0.2) is 0 Å². The first-order valence-corrected chi connectivity index (χ1v) is 10.5. The van der Waals surface area contributed by atoms with E-state index in [2.05, 4.69) is 21.2 Å². The molecule has 0 aliphatic heterocycles. The number of carbonyl (C=O) groups is 1. The van der Waals surface area contributed by atoms with Gasteiger partial charge in [-0.15, -0.1) is 0 Å². The van der Waals surface area contributed by atoms with Crippen molar-refractivity contribution in [3.05, 3.63) is 100 Å². The fourth-order valence-electron chi connectivity index (χ4n) is 2.91. The van der Waals surface area contributed by atoms with E-state index in [1.54, 1.807) is 13.2 Å². The van der Waals surface area contributed by atoms with Crippen molar-refractivity contribution in [1.82, 2.24) is 5.32 Å². The monoisotopic (exact) mass is 465 g/mol. The number of nitrogens with one attached hydrogen (secondary N) is 1. The summed E-state index contributed by atoms with van der Waals surface area (Å²) in [5, 5.41) is 2.90. The first-order chi connectivity index (χ1) is 14.7. The number of halogens is 1. The Kier molecular flexibility index (Phi) is 8.10. The predicted octanol–water partition coefficient (Wildman–Crippen LogP) is 5.41. The van der Waals surface area contributed by atoms with Crippen LogP contribution in [0.15, 0.2) is 83.3 Å². The van der Waals surface area contributed by atoms with Gasteiger partial charge in [-0.1, -0.05) is 60.7 Å². The SMILES string of the molecule is COc1cc(/C=C/C(=O)NCCc2ccccc2)cc(Br)c1OCc1ccccc1. The van der Waals surface area contributed by atoms with E-state index in [1.165, 1.54) is 11.6 Å². The van der Waals surface area contributed by atoms with Crippen LogP contribution >= 0.6 is 15.9 Å². The molecule has 30 heavy (non-hydrogen) atoms. The largest absolute Gasteiger partial charge is 0.493 e. The minimum atomic E-state index is -0.134. The van der Waals surface area contributed by atoms with Crippen molar-refractivity contribution in [3.8, 4) is 11.5 Å². The number of benzene rings is 3. The van der Waals surface area contributed by atoms with Crippen LogP contribution in [0.2, 0.25) is 0 Å². The number of amides is 1. The smallest absolute Gasteiger partial charge is 0.244 e. The molecule has 1 N–H and O–H groups in total. The van der Waals surface area contributed by atoms with Gasteiger partial charge in [-0.05, 0) is 57.2 Å². The van der Waals surface area contributed by atoms with E-state index in [4.69, 9.17) is 9.47 Å². The van der Waals surface area contributed by atoms with Crippen molar-refractivity contribution >= 4 is 27.9 Å². The maximum Gasteiger partial charge on any atom is 0.244 e. The molecule has 0 aromatic heterocycles. The number of methoxy groups -OCH3 is 1. The third-order valence-electron chi connectivity index (χ3n) is 4.46. The second kappa shape index (κ2) is 11.2. The number of ether oxygens (including phenoxy) is 2. The van der Waals surface area contributed by atoms with Crippen LogP contribution in [0, 0.1) is 0 Å². The minimum absolute atomic E-state index is 0.134. The van der Waals surface area contributed by atoms with Crippen molar-refractivity contribution in [1.29, 1.82) is 0 Å². The van der Waals surface area contributed by atoms with Crippen molar-refractivity contribution in [3.63, 3.8) is 0 Å². The molecule has 0 spiro atoms. The summed E-state index contributed by atoms with van der Waals surface area (Å²) in [5.41, 5.74) is 3.10. The van der Waals surface area contributed by atoms with Gasteiger partial charge in [0.25, 0.3) is 0 Å². The molecule has 3 rings (SSSR count). The average molecular weight is 466 g/mol. The second-order valence-electron chi connectivity index (χ2n) is 6.67. The molecular formula is C25H24BrNO3. The molecule has 0 fully saturated rings. The predicted molar refractivity (Wildman–Crippen MR) is 124 cm³/mol. The normalized spacial score (nSPS) is 10.7. The molecule has 0 heterocycles. The Bertz CT molecular complexity index is 988. The number of rotatable bonds is 9. The van der Waals surface area contributed by atoms with Crippen LogP contribution in [-0.4, -0.2) is 19.6 Å². The van der Waals surface area contributed by atoms with Crippen molar-refractivity contribution in [2.24, 2.45) is 0 Å². The molecule has 4 nitrogen and oxygen atoms in total. The molecule has 0 aliphatic rings. The maximum atomic E-state index is 12.1. The fraction of sp³-hybridized carbons (Fsp3) is 0.160. The molecule has 0 unspecified atom stereocenters. The summed E-state index contributed by atoms with van der Waals surface area (Å²) < 4.78 is 12.2. The lowest BCUT2D eigenvalue weighted by molar-refractivity contribution is -0.116. The van der Waals surface area contributed by atoms with Gasteiger partial charge in [0.15, 0.2) is 11.5 Å². The van der Waals surface area contributed by atoms with Crippen LogP contribution in [0.5, 0.6) is 11.5 Å². The van der Waals surface area contributed by atoms with Crippen LogP contribution < -0.4 is 14.8 Å². The first kappa shape index (κ1) is 21.7. The molecule has 5 heteroatoms. The van der Waals surface area contributed by atoms with Gasteiger partial charge in [0.2, 0.25) is 5.91 Å². The third-order valence-corrected chi connectivity index (χ3v) is 5.05. The third kappa shape index (κ3) is 6.49. The van der Waals surface area contributed by atoms with E-state index >= 15 is 0 Å². The quantitative estimate of drug-likeness (QED) is 0.429. The molecule has 0 saturated carbocycles. The van der Waals surface area contributed by atoms with Crippen LogP contribution in [0.4, 0.5) is 0 Å². The van der Waals surface area contributed by atoms with E-state index in [-0.39, 0.29) is 5.91 Å². The summed E-state index contributed by atoms with van der Waals surface area (Å²) in [6.45, 7) is 1.03. The van der Waals surface area contributed by atoms with E-state index in [0.29, 0.717) is 24.7 Å². The topological polar surface area (TPSA) is 47.6 Å². The minimum Gasteiger partial charge on any atom is -0.493 e. The van der Waals surface area contributed by atoms with Gasteiger partial charge < -0.3 is 14.8 Å². The molecule has 0 saturated heterocycles. The number of hydrogen-bond donors (Lipinski definition) is 1. The molecule has 3 aromatic carbocycles. The number of hydrogen-bond acceptors (Lipinski definition) is 3. The van der Waals surface area contributed by atoms with E-state index < -0.39 is 0 Å². The highest BCUT2D eigenvalue weighted by Gasteiger charge is 2.11. The summed E-state index contributed by atoms with van der Waals surface area (Å²) in [6.07, 6.45) is 4.08. The molecule has 3 aromatic rings. The molecular weight excluding hydrogens is 442 g/mol. The van der Waals surface area contributed by atoms with E-state index in [1.807, 2.05) is 72.8 Å². The lowest BCUT2D eigenvalue weighted by Gasteiger charge is -2.13. The molecule has 154 valence electrons. The van der Waals surface area contributed by atoms with Gasteiger partial charge in [-0.3, -0.25) is 4.79 Å². The summed E-state index contributed by atoms with van der Waals surface area (Å²) in [5.74, 6) is 1.10. The van der Waals surface area contributed by atoms with Crippen molar-refractivity contribution in [2.75, 3.05) is 13.7 Å². The van der Waals surface area contributed by atoms with Gasteiger partial charge in [0.05, 0.1) is 11.6 Å². The van der Waals surface area contributed by atoms with Crippen LogP contribution in [0.3, 0.4) is 0 Å². The molecule has 1 amide bonds. The van der Waals surface area contributed by atoms with Crippen molar-refractivity contribution < 1.29 is 14.3 Å². The Balaban J connectivity index is 1.58. The summed E-state index contributed by atoms with van der Waals surface area (Å²) in [6, 6.07) is 23.8. The summed E-state index contributed by atoms with van der Waals surface area (Å²) >= 11 is 3.55. The van der Waals surface area contributed by atoms with Gasteiger partial charge in [-0.2, -0.15) is 0 Å². The van der Waals surface area contributed by atoms with E-state index in [0.717, 1.165) is 22.0 Å². The highest BCUT2D eigenvalue weighted by atomic mass is 79.9. The Morgan fingerprint density at radius 2 is 1.67 bits per heavy atom. The summed E-state index contributed by atoms with van der Waals surface area (Å²) in [4.78, 5) is 12.1. The van der Waals surface area contributed by atoms with Crippen LogP contribution in [0.1, 0.15) is 16.7 Å². The van der Waals surface area contributed by atoms with Crippen LogP contribution in [0.25, 0.3) is 6.08 Å². The molecule has 0 aliphatic carbocycles. The Morgan fingerprint density at radius 3 is 2.33 bits per heavy atom. The Morgan fingerprint density at radius 1 is 1.00 bits per heavy atom. The van der Waals surface area contributed by atoms with Crippen molar-refractivity contribution in [2.45, 2.75) is 13.0 Å². The van der Waals surface area contributed by atoms with Gasteiger partial charge in [0.1, 0.15) is 6.61 Å². The van der Waals surface area contributed by atoms with Gasteiger partial charge >= 0.3 is 0 Å². The molecule has 0 atom stereocenters. The zero-order valence-electron chi connectivity index (χ0n) is 16.8. The zero-order valence-corrected chi connectivity index (χ0v) is 18.4. The average Bonchev–Trinajstić information content (AvgIpc) is 2.78. The zero-order chi connectivity index (χ0) is 21.2. The van der Waals surface area contributed by atoms with Crippen LogP contribution in [-0.2, 0) is 17.8 Å². The molecule has 0 bridgehead atoms. The highest BCUT2D eigenvalue weighted by Crippen LogP contribution is 2.37. The Hall–Kier alpha value is -3.05. The highest BCUT2D eigenvalue weighted by molar-refractivity contribution is 9.10. The van der Waals surface area contributed by atoms with Gasteiger partial charge in [0, 0.05) is 12.6 Å². The van der Waals surface area contributed by atoms with E-state index in [9.17, 15) is 4.79 Å². The number of carbonyl (C=O) groups excluding carboxylic acids is 1. The standard InChI is InChI=1S/C25H24BrNO3/c1-29-23-17-21(12-13-24(28)27-15-14-19-8-4-2-5-9-19)16-22(26)25(23)30-18-20-10-6-3-7-11-20/h2-13,16-17H,14-15,18H2,1H3,(H,27,28)/b13-12+. The lowest BCUT2D eigenvalue weighted by atomic mass is 10.1. The maximum absolute atomic E-state index is 12.1.